The smallest absolute Gasteiger partial charge is 0.407 e. The highest BCUT2D eigenvalue weighted by molar-refractivity contribution is 5.94. The largest absolute Gasteiger partial charge is 0.466 e. The van der Waals surface area contributed by atoms with Gasteiger partial charge in [0, 0.05) is 18.7 Å². The zero-order chi connectivity index (χ0) is 16.7. The van der Waals surface area contributed by atoms with Gasteiger partial charge in [-0.15, -0.1) is 0 Å². The third-order valence-corrected chi connectivity index (χ3v) is 2.11. The number of alkyl carbamates (subject to hydrolysis) is 1. The summed E-state index contributed by atoms with van der Waals surface area (Å²) >= 11 is 0. The van der Waals surface area contributed by atoms with Gasteiger partial charge in [-0.25, -0.2) is 9.59 Å². The Labute approximate surface area is 125 Å². The van der Waals surface area contributed by atoms with Crippen LogP contribution in [0.5, 0.6) is 0 Å². The summed E-state index contributed by atoms with van der Waals surface area (Å²) < 4.78 is 9.47. The van der Waals surface area contributed by atoms with Gasteiger partial charge in [0.15, 0.2) is 0 Å². The summed E-state index contributed by atoms with van der Waals surface area (Å²) in [6, 6.07) is 0. The van der Waals surface area contributed by atoms with Crippen molar-refractivity contribution < 1.29 is 23.9 Å². The molecule has 0 spiro atoms. The van der Waals surface area contributed by atoms with Gasteiger partial charge in [-0.2, -0.15) is 0 Å². The van der Waals surface area contributed by atoms with E-state index in [1.54, 1.807) is 34.6 Å². The van der Waals surface area contributed by atoms with Crippen molar-refractivity contribution in [2.75, 3.05) is 13.7 Å². The van der Waals surface area contributed by atoms with Gasteiger partial charge >= 0.3 is 12.1 Å². The maximum absolute atomic E-state index is 11.6. The van der Waals surface area contributed by atoms with Crippen LogP contribution in [0.2, 0.25) is 0 Å². The van der Waals surface area contributed by atoms with E-state index in [1.807, 2.05) is 0 Å². The van der Waals surface area contributed by atoms with E-state index in [4.69, 9.17) is 4.74 Å². The maximum atomic E-state index is 11.6. The molecule has 0 atom stereocenters. The Kier molecular flexibility index (Phi) is 6.91. The first-order valence-corrected chi connectivity index (χ1v) is 6.50. The van der Waals surface area contributed by atoms with Crippen LogP contribution in [0.25, 0.3) is 0 Å². The fourth-order valence-corrected chi connectivity index (χ4v) is 1.24. The van der Waals surface area contributed by atoms with Gasteiger partial charge in [0.05, 0.1) is 12.6 Å². The highest BCUT2D eigenvalue weighted by atomic mass is 16.6. The number of amides is 2. The zero-order valence-electron chi connectivity index (χ0n) is 13.4. The van der Waals surface area contributed by atoms with Crippen LogP contribution in [-0.2, 0) is 19.1 Å². The Morgan fingerprint density at radius 3 is 2.10 bits per heavy atom. The number of methoxy groups -OCH3 is 1. The predicted octanol–water partition coefficient (Wildman–Crippen LogP) is 1.14. The molecule has 0 saturated carbocycles. The minimum absolute atomic E-state index is 0.180. The van der Waals surface area contributed by atoms with Crippen LogP contribution >= 0.6 is 0 Å². The van der Waals surface area contributed by atoms with Crippen molar-refractivity contribution in [2.45, 2.75) is 45.8 Å². The van der Waals surface area contributed by atoms with Crippen LogP contribution < -0.4 is 10.6 Å². The van der Waals surface area contributed by atoms with Crippen LogP contribution in [0, 0.1) is 0 Å². The Morgan fingerprint density at radius 1 is 1.05 bits per heavy atom. The highest BCUT2D eigenvalue weighted by Crippen LogP contribution is 2.07. The van der Waals surface area contributed by atoms with Crippen molar-refractivity contribution in [3.63, 3.8) is 0 Å². The zero-order valence-corrected chi connectivity index (χ0v) is 13.4. The van der Waals surface area contributed by atoms with Crippen molar-refractivity contribution in [3.05, 3.63) is 12.2 Å². The van der Waals surface area contributed by atoms with Gasteiger partial charge in [0.2, 0.25) is 5.91 Å². The number of nitrogens with one attached hydrogen (secondary N) is 2. The van der Waals surface area contributed by atoms with E-state index in [9.17, 15) is 14.4 Å². The number of esters is 1. The first-order chi connectivity index (χ1) is 9.45. The van der Waals surface area contributed by atoms with Crippen LogP contribution in [0.15, 0.2) is 12.2 Å². The van der Waals surface area contributed by atoms with Gasteiger partial charge in [0.25, 0.3) is 0 Å². The molecule has 0 aromatic heterocycles. The van der Waals surface area contributed by atoms with E-state index < -0.39 is 29.1 Å². The minimum atomic E-state index is -0.700. The van der Waals surface area contributed by atoms with E-state index in [1.165, 1.54) is 7.11 Å². The topological polar surface area (TPSA) is 93.7 Å². The summed E-state index contributed by atoms with van der Waals surface area (Å²) in [5.41, 5.74) is -1.28. The lowest BCUT2D eigenvalue weighted by Gasteiger charge is -2.27. The second kappa shape index (κ2) is 7.66. The molecule has 0 aliphatic heterocycles. The first-order valence-electron chi connectivity index (χ1n) is 6.50. The molecule has 21 heavy (non-hydrogen) atoms. The summed E-state index contributed by atoms with van der Waals surface area (Å²) in [6.07, 6.45) is 1.53. The Morgan fingerprint density at radius 2 is 1.62 bits per heavy atom. The molecule has 7 heteroatoms. The molecular weight excluding hydrogens is 276 g/mol. The van der Waals surface area contributed by atoms with E-state index in [0.29, 0.717) is 0 Å². The van der Waals surface area contributed by atoms with Gasteiger partial charge in [-0.1, -0.05) is 0 Å². The van der Waals surface area contributed by atoms with Gasteiger partial charge in [-0.3, -0.25) is 4.79 Å². The van der Waals surface area contributed by atoms with Crippen molar-refractivity contribution in [3.8, 4) is 0 Å². The Hall–Kier alpha value is -2.05. The van der Waals surface area contributed by atoms with E-state index in [2.05, 4.69) is 15.4 Å². The molecule has 120 valence electrons. The SMILES string of the molecule is COC(=O)/C=C/C(=O)NC(C)(C)CNC(=O)OC(C)(C)C. The Bertz CT molecular complexity index is 422. The van der Waals surface area contributed by atoms with Gasteiger partial charge in [-0.05, 0) is 34.6 Å². The lowest BCUT2D eigenvalue weighted by atomic mass is 10.1. The number of hydrogen-bond donors (Lipinski definition) is 2. The summed E-state index contributed by atoms with van der Waals surface area (Å²) in [5.74, 6) is -1.08. The number of ether oxygens (including phenoxy) is 2. The predicted molar refractivity (Wildman–Crippen MR) is 77.6 cm³/mol. The summed E-state index contributed by atoms with van der Waals surface area (Å²) in [4.78, 5) is 34.0. The quantitative estimate of drug-likeness (QED) is 0.586. The normalized spacial score (nSPS) is 11.9. The molecule has 2 N–H and O–H groups in total. The minimum Gasteiger partial charge on any atom is -0.466 e. The summed E-state index contributed by atoms with van der Waals surface area (Å²) in [6.45, 7) is 8.92. The standard InChI is InChI=1S/C14H24N2O5/c1-13(2,3)21-12(19)15-9-14(4,5)16-10(17)7-8-11(18)20-6/h7-8H,9H2,1-6H3,(H,15,19)(H,16,17)/b8-7+. The lowest BCUT2D eigenvalue weighted by Crippen LogP contribution is -2.51. The summed E-state index contributed by atoms with van der Waals surface area (Å²) in [5, 5.41) is 5.22. The number of rotatable bonds is 5. The van der Waals surface area contributed by atoms with Crippen molar-refractivity contribution in [1.82, 2.24) is 10.6 Å². The highest BCUT2D eigenvalue weighted by Gasteiger charge is 2.22. The second-order valence-corrected chi connectivity index (χ2v) is 6.09. The summed E-state index contributed by atoms with van der Waals surface area (Å²) in [7, 11) is 1.22. The van der Waals surface area contributed by atoms with Crippen molar-refractivity contribution in [1.29, 1.82) is 0 Å². The average molecular weight is 300 g/mol. The van der Waals surface area contributed by atoms with E-state index in [-0.39, 0.29) is 6.54 Å². The molecule has 0 aromatic carbocycles. The first kappa shape index (κ1) is 18.9. The number of hydrogen-bond acceptors (Lipinski definition) is 5. The molecule has 7 nitrogen and oxygen atoms in total. The molecule has 0 unspecified atom stereocenters. The van der Waals surface area contributed by atoms with E-state index in [0.717, 1.165) is 12.2 Å². The van der Waals surface area contributed by atoms with Crippen LogP contribution in [0.3, 0.4) is 0 Å². The van der Waals surface area contributed by atoms with E-state index >= 15 is 0 Å². The molecule has 0 aliphatic rings. The third-order valence-electron chi connectivity index (χ3n) is 2.11. The molecule has 0 saturated heterocycles. The molecule has 0 aromatic rings. The maximum Gasteiger partial charge on any atom is 0.407 e. The molecule has 0 aliphatic carbocycles. The Balaban J connectivity index is 4.31. The van der Waals surface area contributed by atoms with Crippen LogP contribution in [-0.4, -0.2) is 42.8 Å². The van der Waals surface area contributed by atoms with Crippen LogP contribution in [0.1, 0.15) is 34.6 Å². The molecular formula is C14H24N2O5. The van der Waals surface area contributed by atoms with Crippen molar-refractivity contribution in [2.24, 2.45) is 0 Å². The average Bonchev–Trinajstić information content (AvgIpc) is 2.31. The molecule has 0 rings (SSSR count). The molecule has 0 radical (unpaired) electrons. The number of carbonyl (C=O) groups excluding carboxylic acids is 3. The molecule has 0 bridgehead atoms. The molecule has 0 fully saturated rings. The fourth-order valence-electron chi connectivity index (χ4n) is 1.24. The van der Waals surface area contributed by atoms with Gasteiger partial charge < -0.3 is 20.1 Å². The molecule has 2 amide bonds. The lowest BCUT2D eigenvalue weighted by molar-refractivity contribution is -0.135. The monoisotopic (exact) mass is 300 g/mol. The second-order valence-electron chi connectivity index (χ2n) is 6.09. The van der Waals surface area contributed by atoms with Crippen molar-refractivity contribution >= 4 is 18.0 Å². The number of carbonyl (C=O) groups is 3. The van der Waals surface area contributed by atoms with Gasteiger partial charge in [0.1, 0.15) is 5.60 Å². The molecule has 0 heterocycles. The third kappa shape index (κ3) is 10.4. The fraction of sp³-hybridized carbons (Fsp3) is 0.643. The van der Waals surface area contributed by atoms with Crippen LogP contribution in [0.4, 0.5) is 4.79 Å².